The number of benzene rings is 1. The molecular formula is C19H22N2O4. The van der Waals surface area contributed by atoms with E-state index in [4.69, 9.17) is 15.9 Å². The fourth-order valence-corrected chi connectivity index (χ4v) is 2.38. The van der Waals surface area contributed by atoms with Crippen molar-refractivity contribution < 1.29 is 19.8 Å². The summed E-state index contributed by atoms with van der Waals surface area (Å²) in [7, 11) is 0. The Morgan fingerprint density at radius 2 is 1.64 bits per heavy atom. The number of hydrogen-bond acceptors (Lipinski definition) is 4. The normalized spacial score (nSPS) is 12.8. The first-order chi connectivity index (χ1) is 11.8. The Hall–Kier alpha value is -2.99. The molecule has 0 aliphatic carbocycles. The van der Waals surface area contributed by atoms with Gasteiger partial charge in [0.15, 0.2) is 0 Å². The number of aromatic nitrogens is 1. The van der Waals surface area contributed by atoms with Crippen LogP contribution in [0.15, 0.2) is 60.8 Å². The topological polar surface area (TPSA) is 114 Å². The van der Waals surface area contributed by atoms with Crippen molar-refractivity contribution in [2.24, 2.45) is 5.73 Å². The van der Waals surface area contributed by atoms with Gasteiger partial charge in [0, 0.05) is 30.3 Å². The number of aryl methyl sites for hydroxylation is 1. The zero-order valence-corrected chi connectivity index (χ0v) is 14.2. The second-order valence-electron chi connectivity index (χ2n) is 5.58. The van der Waals surface area contributed by atoms with Crippen LogP contribution in [0.2, 0.25) is 0 Å². The van der Waals surface area contributed by atoms with Crippen LogP contribution in [-0.2, 0) is 15.0 Å². The zero-order chi connectivity index (χ0) is 18.9. The predicted molar refractivity (Wildman–Crippen MR) is 95.3 cm³/mol. The molecule has 0 saturated heterocycles. The van der Waals surface area contributed by atoms with E-state index in [1.807, 2.05) is 30.5 Å². The van der Waals surface area contributed by atoms with Gasteiger partial charge in [-0.15, -0.1) is 0 Å². The standard InChI is InChI=1S/C15H18N2.C4H4O4/c1-12-7-3-4-8-13(12)15(2,11-16)14-9-5-6-10-17-14;5-3(6)1-2-4(7)8/h3-10H,11,16H2,1-2H3;1-2H,(H,5,6)(H,7,8)/b;2-1+. The fraction of sp³-hybridized carbons (Fsp3) is 0.211. The first kappa shape index (κ1) is 20.1. The maximum absolute atomic E-state index is 9.55. The van der Waals surface area contributed by atoms with E-state index in [9.17, 15) is 9.59 Å². The monoisotopic (exact) mass is 342 g/mol. The van der Waals surface area contributed by atoms with Gasteiger partial charge in [0.1, 0.15) is 0 Å². The molecule has 1 aromatic carbocycles. The van der Waals surface area contributed by atoms with Gasteiger partial charge in [-0.3, -0.25) is 4.98 Å². The van der Waals surface area contributed by atoms with E-state index in [1.165, 1.54) is 11.1 Å². The summed E-state index contributed by atoms with van der Waals surface area (Å²) in [5.41, 5.74) is 9.32. The van der Waals surface area contributed by atoms with Crippen LogP contribution in [-0.4, -0.2) is 33.7 Å². The molecule has 0 aliphatic rings. The summed E-state index contributed by atoms with van der Waals surface area (Å²) in [5, 5.41) is 15.6. The molecule has 6 nitrogen and oxygen atoms in total. The van der Waals surface area contributed by atoms with Crippen LogP contribution in [0.4, 0.5) is 0 Å². The van der Waals surface area contributed by atoms with E-state index in [0.717, 1.165) is 5.69 Å². The highest BCUT2D eigenvalue weighted by Gasteiger charge is 2.29. The predicted octanol–water partition coefficient (Wildman–Crippen LogP) is 2.37. The average Bonchev–Trinajstić information content (AvgIpc) is 2.61. The minimum atomic E-state index is -1.26. The van der Waals surface area contributed by atoms with Gasteiger partial charge in [-0.25, -0.2) is 9.59 Å². The first-order valence-corrected chi connectivity index (χ1v) is 7.63. The van der Waals surface area contributed by atoms with Crippen LogP contribution in [0.3, 0.4) is 0 Å². The molecular weight excluding hydrogens is 320 g/mol. The molecule has 0 radical (unpaired) electrons. The van der Waals surface area contributed by atoms with Gasteiger partial charge in [0.2, 0.25) is 0 Å². The molecule has 2 rings (SSSR count). The van der Waals surface area contributed by atoms with Gasteiger partial charge < -0.3 is 15.9 Å². The molecule has 1 unspecified atom stereocenters. The molecule has 0 bridgehead atoms. The van der Waals surface area contributed by atoms with Crippen LogP contribution < -0.4 is 5.73 Å². The van der Waals surface area contributed by atoms with E-state index in [0.29, 0.717) is 18.7 Å². The number of nitrogens with two attached hydrogens (primary N) is 1. The molecule has 0 spiro atoms. The Labute approximate surface area is 146 Å². The minimum absolute atomic E-state index is 0.216. The molecule has 25 heavy (non-hydrogen) atoms. The Kier molecular flexibility index (Phi) is 7.49. The van der Waals surface area contributed by atoms with Crippen molar-refractivity contribution in [3.8, 4) is 0 Å². The lowest BCUT2D eigenvalue weighted by Crippen LogP contribution is -2.34. The zero-order valence-electron chi connectivity index (χ0n) is 14.2. The molecule has 6 heteroatoms. The van der Waals surface area contributed by atoms with Crippen molar-refractivity contribution in [3.63, 3.8) is 0 Å². The van der Waals surface area contributed by atoms with Crippen molar-refractivity contribution in [2.45, 2.75) is 19.3 Å². The number of hydrogen-bond donors (Lipinski definition) is 3. The van der Waals surface area contributed by atoms with Gasteiger partial charge in [0.25, 0.3) is 0 Å². The summed E-state index contributed by atoms with van der Waals surface area (Å²) < 4.78 is 0. The lowest BCUT2D eigenvalue weighted by Gasteiger charge is -2.29. The third-order valence-corrected chi connectivity index (χ3v) is 3.75. The quantitative estimate of drug-likeness (QED) is 0.719. The molecule has 4 N–H and O–H groups in total. The summed E-state index contributed by atoms with van der Waals surface area (Å²) in [6, 6.07) is 14.3. The second kappa shape index (κ2) is 9.34. The van der Waals surface area contributed by atoms with Crippen LogP contribution in [0.1, 0.15) is 23.7 Å². The summed E-state index contributed by atoms with van der Waals surface area (Å²) in [5.74, 6) is -2.51. The van der Waals surface area contributed by atoms with Gasteiger partial charge in [0.05, 0.1) is 5.69 Å². The fourth-order valence-electron chi connectivity index (χ4n) is 2.38. The van der Waals surface area contributed by atoms with E-state index in [-0.39, 0.29) is 5.41 Å². The Balaban J connectivity index is 0.000000333. The van der Waals surface area contributed by atoms with Crippen LogP contribution in [0.25, 0.3) is 0 Å². The van der Waals surface area contributed by atoms with Crippen LogP contribution in [0.5, 0.6) is 0 Å². The highest BCUT2D eigenvalue weighted by atomic mass is 16.4. The minimum Gasteiger partial charge on any atom is -0.478 e. The Bertz CT molecular complexity index is 728. The molecule has 132 valence electrons. The lowest BCUT2D eigenvalue weighted by molar-refractivity contribution is -0.134. The molecule has 0 fully saturated rings. The molecule has 2 aromatic rings. The lowest BCUT2D eigenvalue weighted by atomic mass is 9.77. The van der Waals surface area contributed by atoms with Crippen molar-refractivity contribution in [2.75, 3.05) is 6.54 Å². The number of carboxylic acid groups (broad SMARTS) is 2. The molecule has 1 aromatic heterocycles. The third kappa shape index (κ3) is 5.86. The molecule has 0 amide bonds. The van der Waals surface area contributed by atoms with Gasteiger partial charge in [-0.05, 0) is 37.1 Å². The number of pyridine rings is 1. The van der Waals surface area contributed by atoms with E-state index in [2.05, 4.69) is 37.0 Å². The van der Waals surface area contributed by atoms with Gasteiger partial charge in [-0.2, -0.15) is 0 Å². The summed E-state index contributed by atoms with van der Waals surface area (Å²) in [6.45, 7) is 4.82. The summed E-state index contributed by atoms with van der Waals surface area (Å²) in [4.78, 5) is 23.6. The largest absolute Gasteiger partial charge is 0.478 e. The van der Waals surface area contributed by atoms with Gasteiger partial charge >= 0.3 is 11.9 Å². The second-order valence-corrected chi connectivity index (χ2v) is 5.58. The third-order valence-electron chi connectivity index (χ3n) is 3.75. The van der Waals surface area contributed by atoms with Crippen LogP contribution in [0, 0.1) is 6.92 Å². The summed E-state index contributed by atoms with van der Waals surface area (Å²) >= 11 is 0. The van der Waals surface area contributed by atoms with Crippen LogP contribution >= 0.6 is 0 Å². The summed E-state index contributed by atoms with van der Waals surface area (Å²) in [6.07, 6.45) is 2.94. The van der Waals surface area contributed by atoms with Crippen molar-refractivity contribution in [1.29, 1.82) is 0 Å². The highest BCUT2D eigenvalue weighted by Crippen LogP contribution is 2.31. The number of carboxylic acids is 2. The smallest absolute Gasteiger partial charge is 0.328 e. The highest BCUT2D eigenvalue weighted by molar-refractivity contribution is 5.89. The van der Waals surface area contributed by atoms with Crippen molar-refractivity contribution in [3.05, 3.63) is 77.6 Å². The van der Waals surface area contributed by atoms with E-state index >= 15 is 0 Å². The van der Waals surface area contributed by atoms with Crippen molar-refractivity contribution >= 4 is 11.9 Å². The SMILES string of the molecule is Cc1ccccc1C(C)(CN)c1ccccn1.O=C(O)/C=C/C(=O)O. The maximum Gasteiger partial charge on any atom is 0.328 e. The van der Waals surface area contributed by atoms with Crippen molar-refractivity contribution in [1.82, 2.24) is 4.98 Å². The maximum atomic E-state index is 9.55. The average molecular weight is 342 g/mol. The number of rotatable bonds is 5. The molecule has 0 aliphatic heterocycles. The molecule has 1 heterocycles. The first-order valence-electron chi connectivity index (χ1n) is 7.63. The molecule has 1 atom stereocenters. The van der Waals surface area contributed by atoms with E-state index < -0.39 is 11.9 Å². The number of aliphatic carboxylic acids is 2. The number of nitrogens with zero attached hydrogens (tertiary/aromatic N) is 1. The Morgan fingerprint density at radius 1 is 1.08 bits per heavy atom. The molecule has 0 saturated carbocycles. The van der Waals surface area contributed by atoms with E-state index in [1.54, 1.807) is 0 Å². The number of carbonyl (C=O) groups is 2. The van der Waals surface area contributed by atoms with Gasteiger partial charge in [-0.1, -0.05) is 30.3 Å². The Morgan fingerprint density at radius 3 is 2.08 bits per heavy atom.